The van der Waals surface area contributed by atoms with E-state index in [1.54, 1.807) is 17.0 Å². The lowest BCUT2D eigenvalue weighted by Gasteiger charge is -2.27. The number of aliphatic hydroxyl groups is 1. The maximum atomic E-state index is 13.0. The molecule has 1 amide bonds. The Bertz CT molecular complexity index is 886. The summed E-state index contributed by atoms with van der Waals surface area (Å²) < 4.78 is 5.23. The van der Waals surface area contributed by atoms with Crippen LogP contribution in [0.2, 0.25) is 0 Å². The zero-order valence-electron chi connectivity index (χ0n) is 16.9. The van der Waals surface area contributed by atoms with Gasteiger partial charge >= 0.3 is 0 Å². The average Bonchev–Trinajstić information content (AvgIpc) is 3.27. The smallest absolute Gasteiger partial charge is 0.290 e. The second-order valence-electron chi connectivity index (χ2n) is 8.20. The summed E-state index contributed by atoms with van der Waals surface area (Å²) in [6, 6.07) is 10.4. The molecule has 0 fully saturated rings. The fourth-order valence-corrected chi connectivity index (χ4v) is 3.50. The summed E-state index contributed by atoms with van der Waals surface area (Å²) >= 11 is 0. The molecule has 28 heavy (non-hydrogen) atoms. The summed E-state index contributed by atoms with van der Waals surface area (Å²) in [5.74, 6) is -1.33. The molecule has 0 aliphatic carbocycles. The topological polar surface area (TPSA) is 70.8 Å². The van der Waals surface area contributed by atoms with Gasteiger partial charge in [-0.25, -0.2) is 0 Å². The SMILES string of the molecule is CCCCN1C(=O)C(O)=C(C(=O)c2ccco2)C1c1ccc(C(C)(C)C)cc1. The van der Waals surface area contributed by atoms with E-state index in [2.05, 4.69) is 20.8 Å². The number of furan rings is 1. The fraction of sp³-hybridized carbons (Fsp3) is 0.391. The first kappa shape index (κ1) is 19.9. The molecular formula is C23H27NO4. The van der Waals surface area contributed by atoms with Crippen molar-refractivity contribution in [3.8, 4) is 0 Å². The number of benzene rings is 1. The molecular weight excluding hydrogens is 354 g/mol. The van der Waals surface area contributed by atoms with Gasteiger partial charge in [0.25, 0.3) is 5.91 Å². The lowest BCUT2D eigenvalue weighted by Crippen LogP contribution is -2.32. The Labute approximate surface area is 165 Å². The Balaban J connectivity index is 2.05. The Morgan fingerprint density at radius 3 is 2.39 bits per heavy atom. The number of nitrogens with zero attached hydrogens (tertiary/aromatic N) is 1. The van der Waals surface area contributed by atoms with Gasteiger partial charge in [-0.3, -0.25) is 9.59 Å². The van der Waals surface area contributed by atoms with Gasteiger partial charge in [0.05, 0.1) is 17.9 Å². The number of carbonyl (C=O) groups excluding carboxylic acids is 2. The minimum absolute atomic E-state index is 0.00325. The first-order valence-corrected chi connectivity index (χ1v) is 9.68. The molecule has 1 atom stereocenters. The minimum Gasteiger partial charge on any atom is -0.503 e. The van der Waals surface area contributed by atoms with Crippen molar-refractivity contribution < 1.29 is 19.1 Å². The number of aliphatic hydroxyl groups excluding tert-OH is 1. The fourth-order valence-electron chi connectivity index (χ4n) is 3.50. The van der Waals surface area contributed by atoms with Crippen molar-refractivity contribution in [2.75, 3.05) is 6.54 Å². The third-order valence-corrected chi connectivity index (χ3v) is 5.14. The van der Waals surface area contributed by atoms with E-state index >= 15 is 0 Å². The lowest BCUT2D eigenvalue weighted by atomic mass is 9.85. The Morgan fingerprint density at radius 2 is 1.86 bits per heavy atom. The van der Waals surface area contributed by atoms with Gasteiger partial charge in [0, 0.05) is 6.54 Å². The number of Topliss-reactive ketones (excluding diaryl/α,β-unsaturated/α-hetero) is 1. The van der Waals surface area contributed by atoms with E-state index in [0.29, 0.717) is 6.54 Å². The van der Waals surface area contributed by atoms with Crippen LogP contribution in [0.25, 0.3) is 0 Å². The molecule has 1 aliphatic heterocycles. The molecule has 0 radical (unpaired) electrons. The highest BCUT2D eigenvalue weighted by atomic mass is 16.3. The summed E-state index contributed by atoms with van der Waals surface area (Å²) in [5.41, 5.74) is 2.04. The second-order valence-corrected chi connectivity index (χ2v) is 8.20. The summed E-state index contributed by atoms with van der Waals surface area (Å²) in [5, 5.41) is 10.5. The van der Waals surface area contributed by atoms with E-state index < -0.39 is 23.5 Å². The van der Waals surface area contributed by atoms with Crippen LogP contribution in [0.1, 0.15) is 68.3 Å². The molecule has 3 rings (SSSR count). The molecule has 148 valence electrons. The van der Waals surface area contributed by atoms with E-state index in [0.717, 1.165) is 24.0 Å². The van der Waals surface area contributed by atoms with Gasteiger partial charge in [0.15, 0.2) is 11.5 Å². The standard InChI is InChI=1S/C23H27NO4/c1-5-6-13-24-19(15-9-11-16(12-10-15)23(2,3)4)18(21(26)22(24)27)20(25)17-8-7-14-28-17/h7-12,14,19,26H,5-6,13H2,1-4H3. The molecule has 0 spiro atoms. The highest BCUT2D eigenvalue weighted by molar-refractivity contribution is 6.15. The third kappa shape index (κ3) is 3.61. The van der Waals surface area contributed by atoms with Crippen LogP contribution in [0.3, 0.4) is 0 Å². The quantitative estimate of drug-likeness (QED) is 0.718. The number of hydrogen-bond acceptors (Lipinski definition) is 4. The first-order valence-electron chi connectivity index (χ1n) is 9.68. The number of amides is 1. The van der Waals surface area contributed by atoms with Crippen molar-refractivity contribution in [1.82, 2.24) is 4.90 Å². The highest BCUT2D eigenvalue weighted by Crippen LogP contribution is 2.39. The van der Waals surface area contributed by atoms with Crippen LogP contribution in [-0.4, -0.2) is 28.2 Å². The van der Waals surface area contributed by atoms with Crippen molar-refractivity contribution in [2.45, 2.75) is 52.0 Å². The maximum absolute atomic E-state index is 13.0. The molecule has 1 aromatic heterocycles. The predicted molar refractivity (Wildman–Crippen MR) is 107 cm³/mol. The van der Waals surface area contributed by atoms with Crippen LogP contribution in [0.15, 0.2) is 58.4 Å². The Hall–Kier alpha value is -2.82. The van der Waals surface area contributed by atoms with Gasteiger partial charge in [-0.2, -0.15) is 0 Å². The third-order valence-electron chi connectivity index (χ3n) is 5.14. The highest BCUT2D eigenvalue weighted by Gasteiger charge is 2.44. The summed E-state index contributed by atoms with van der Waals surface area (Å²) in [4.78, 5) is 27.3. The number of ketones is 1. The van der Waals surface area contributed by atoms with Crippen molar-refractivity contribution in [3.63, 3.8) is 0 Å². The second kappa shape index (κ2) is 7.66. The monoisotopic (exact) mass is 381 g/mol. The zero-order chi connectivity index (χ0) is 20.5. The summed E-state index contributed by atoms with van der Waals surface area (Å²) in [6.07, 6.45) is 3.10. The lowest BCUT2D eigenvalue weighted by molar-refractivity contribution is -0.129. The van der Waals surface area contributed by atoms with Gasteiger partial charge in [0.1, 0.15) is 0 Å². The summed E-state index contributed by atoms with van der Waals surface area (Å²) in [6.45, 7) is 8.90. The molecule has 0 saturated heterocycles. The van der Waals surface area contributed by atoms with Crippen LogP contribution >= 0.6 is 0 Å². The first-order chi connectivity index (χ1) is 13.3. The van der Waals surface area contributed by atoms with E-state index in [1.165, 1.54) is 6.26 Å². The van der Waals surface area contributed by atoms with Gasteiger partial charge in [-0.05, 0) is 35.1 Å². The molecule has 5 heteroatoms. The summed E-state index contributed by atoms with van der Waals surface area (Å²) in [7, 11) is 0. The molecule has 1 aromatic carbocycles. The van der Waals surface area contributed by atoms with Gasteiger partial charge < -0.3 is 14.4 Å². The van der Waals surface area contributed by atoms with Crippen molar-refractivity contribution in [2.24, 2.45) is 0 Å². The maximum Gasteiger partial charge on any atom is 0.290 e. The molecule has 1 aliphatic rings. The molecule has 5 nitrogen and oxygen atoms in total. The molecule has 2 aromatic rings. The van der Waals surface area contributed by atoms with E-state index in [9.17, 15) is 14.7 Å². The van der Waals surface area contributed by atoms with E-state index in [1.807, 2.05) is 31.2 Å². The number of hydrogen-bond donors (Lipinski definition) is 1. The van der Waals surface area contributed by atoms with Crippen molar-refractivity contribution in [3.05, 3.63) is 70.9 Å². The molecule has 1 N–H and O–H groups in total. The molecule has 0 bridgehead atoms. The largest absolute Gasteiger partial charge is 0.503 e. The predicted octanol–water partition coefficient (Wildman–Crippen LogP) is 4.96. The van der Waals surface area contributed by atoms with Gasteiger partial charge in [-0.1, -0.05) is 58.4 Å². The van der Waals surface area contributed by atoms with Crippen LogP contribution < -0.4 is 0 Å². The zero-order valence-corrected chi connectivity index (χ0v) is 16.9. The van der Waals surface area contributed by atoms with Crippen LogP contribution in [0.4, 0.5) is 0 Å². The van der Waals surface area contributed by atoms with Gasteiger partial charge in [-0.15, -0.1) is 0 Å². The van der Waals surface area contributed by atoms with Crippen molar-refractivity contribution in [1.29, 1.82) is 0 Å². The van der Waals surface area contributed by atoms with E-state index in [4.69, 9.17) is 4.42 Å². The van der Waals surface area contributed by atoms with Crippen molar-refractivity contribution >= 4 is 11.7 Å². The number of rotatable bonds is 6. The molecule has 1 unspecified atom stereocenters. The number of carbonyl (C=O) groups is 2. The van der Waals surface area contributed by atoms with Crippen LogP contribution in [0, 0.1) is 0 Å². The Kier molecular flexibility index (Phi) is 5.45. The van der Waals surface area contributed by atoms with Crippen LogP contribution in [-0.2, 0) is 10.2 Å². The van der Waals surface area contributed by atoms with Gasteiger partial charge in [0.2, 0.25) is 5.78 Å². The average molecular weight is 381 g/mol. The molecule has 0 saturated carbocycles. The normalized spacial score (nSPS) is 17.5. The Morgan fingerprint density at radius 1 is 1.18 bits per heavy atom. The van der Waals surface area contributed by atoms with E-state index in [-0.39, 0.29) is 16.7 Å². The number of unbranched alkanes of at least 4 members (excludes halogenated alkanes) is 1. The molecule has 2 heterocycles. The minimum atomic E-state index is -0.620. The van der Waals surface area contributed by atoms with Crippen LogP contribution in [0.5, 0.6) is 0 Å².